The Hall–Kier alpha value is -3.45. The molecule has 4 aliphatic rings. The molecule has 6 rings (SSSR count). The number of piperidine rings is 1. The van der Waals surface area contributed by atoms with Gasteiger partial charge in [0.25, 0.3) is 0 Å². The zero-order chi connectivity index (χ0) is 40.6. The minimum atomic E-state index is -1.06. The van der Waals surface area contributed by atoms with Gasteiger partial charge in [-0.05, 0) is 81.9 Å². The number of allylic oxidation sites excluding steroid dienone is 1. The molecule has 4 aliphatic heterocycles. The molecule has 3 saturated heterocycles. The van der Waals surface area contributed by atoms with Gasteiger partial charge in [0, 0.05) is 77.9 Å². The molecule has 57 heavy (non-hydrogen) atoms. The molecule has 0 aromatic heterocycles. The van der Waals surface area contributed by atoms with Gasteiger partial charge in [-0.3, -0.25) is 9.69 Å². The van der Waals surface area contributed by atoms with Crippen LogP contribution >= 0.6 is 23.2 Å². The number of nitrogens with zero attached hydrogens (tertiary/aromatic N) is 4. The molecule has 0 radical (unpaired) electrons. The number of rotatable bonds is 16. The highest BCUT2D eigenvalue weighted by Crippen LogP contribution is 2.46. The lowest BCUT2D eigenvalue weighted by Crippen LogP contribution is -2.56. The van der Waals surface area contributed by atoms with E-state index in [9.17, 15) is 14.4 Å². The van der Waals surface area contributed by atoms with Crippen LogP contribution in [-0.4, -0.2) is 129 Å². The highest BCUT2D eigenvalue weighted by Gasteiger charge is 2.43. The van der Waals surface area contributed by atoms with E-state index >= 15 is 0 Å². The Morgan fingerprint density at radius 2 is 1.39 bits per heavy atom. The second-order valence-electron chi connectivity index (χ2n) is 15.6. The summed E-state index contributed by atoms with van der Waals surface area (Å²) in [4.78, 5) is 51.4. The van der Waals surface area contributed by atoms with Crippen LogP contribution in [0.15, 0.2) is 65.0 Å². The number of piperazine rings is 1. The summed E-state index contributed by atoms with van der Waals surface area (Å²) in [7, 11) is 4.85. The maximum absolute atomic E-state index is 14.2. The molecular formula is C44H59Cl2N5O6. The molecule has 2 aromatic rings. The van der Waals surface area contributed by atoms with Gasteiger partial charge in [0.2, 0.25) is 5.91 Å². The van der Waals surface area contributed by atoms with Gasteiger partial charge in [0.05, 0.1) is 50.9 Å². The molecule has 2 aromatic carbocycles. The molecule has 0 unspecified atom stereocenters. The topological polar surface area (TPSA) is 104 Å². The zero-order valence-corrected chi connectivity index (χ0v) is 35.7. The highest BCUT2D eigenvalue weighted by molar-refractivity contribution is 6.36. The Bertz CT molecular complexity index is 1790. The van der Waals surface area contributed by atoms with E-state index in [0.717, 1.165) is 43.9 Å². The Balaban J connectivity index is 1.27. The number of hydrogen-bond acceptors (Lipinski definition) is 10. The average Bonchev–Trinajstić information content (AvgIpc) is 3.40. The lowest BCUT2D eigenvalue weighted by atomic mass is 9.78. The summed E-state index contributed by atoms with van der Waals surface area (Å²) in [5.41, 5.74) is 3.66. The van der Waals surface area contributed by atoms with Gasteiger partial charge >= 0.3 is 11.9 Å². The molecule has 1 N–H and O–H groups in total. The first kappa shape index (κ1) is 43.1. The van der Waals surface area contributed by atoms with Crippen LogP contribution < -0.4 is 5.32 Å². The van der Waals surface area contributed by atoms with Crippen molar-refractivity contribution in [2.24, 2.45) is 0 Å². The summed E-state index contributed by atoms with van der Waals surface area (Å²) < 4.78 is 16.9. The van der Waals surface area contributed by atoms with Crippen molar-refractivity contribution in [3.63, 3.8) is 0 Å². The number of aryl methyl sites for hydroxylation is 1. The van der Waals surface area contributed by atoms with Gasteiger partial charge < -0.3 is 34.2 Å². The second kappa shape index (κ2) is 20.0. The monoisotopic (exact) mass is 823 g/mol. The third-order valence-corrected chi connectivity index (χ3v) is 13.3. The van der Waals surface area contributed by atoms with E-state index in [-0.39, 0.29) is 33.5 Å². The third kappa shape index (κ3) is 9.89. The summed E-state index contributed by atoms with van der Waals surface area (Å²) >= 11 is 13.7. The fourth-order valence-corrected chi connectivity index (χ4v) is 9.94. The summed E-state index contributed by atoms with van der Waals surface area (Å²) in [6.07, 6.45) is 5.70. The fourth-order valence-electron chi connectivity index (χ4n) is 9.32. The smallest absolute Gasteiger partial charge is 0.336 e. The van der Waals surface area contributed by atoms with Crippen LogP contribution in [0.1, 0.15) is 75.0 Å². The number of methoxy groups -OCH3 is 2. The number of hydrogen-bond donors (Lipinski definition) is 1. The summed E-state index contributed by atoms with van der Waals surface area (Å²) in [5.74, 6) is -2.50. The van der Waals surface area contributed by atoms with Crippen molar-refractivity contribution in [1.82, 2.24) is 24.9 Å². The minimum absolute atomic E-state index is 0.101. The van der Waals surface area contributed by atoms with Crippen LogP contribution in [0.4, 0.5) is 0 Å². The van der Waals surface area contributed by atoms with E-state index < -0.39 is 17.9 Å². The predicted molar refractivity (Wildman–Crippen MR) is 223 cm³/mol. The molecule has 0 saturated carbocycles. The first-order valence-corrected chi connectivity index (χ1v) is 21.3. The number of dihydropyridines is 1. The second-order valence-corrected chi connectivity index (χ2v) is 16.4. The molecular weight excluding hydrogens is 765 g/mol. The molecule has 1 amide bonds. The predicted octanol–water partition coefficient (Wildman–Crippen LogP) is 6.19. The molecule has 0 spiro atoms. The van der Waals surface area contributed by atoms with E-state index in [2.05, 4.69) is 53.0 Å². The molecule has 3 fully saturated rings. The van der Waals surface area contributed by atoms with Gasteiger partial charge in [-0.2, -0.15) is 0 Å². The van der Waals surface area contributed by atoms with Crippen molar-refractivity contribution in [1.29, 1.82) is 0 Å². The highest BCUT2D eigenvalue weighted by atomic mass is 35.5. The quantitative estimate of drug-likeness (QED) is 0.156. The Kier molecular flexibility index (Phi) is 15.1. The summed E-state index contributed by atoms with van der Waals surface area (Å²) in [6, 6.07) is 15.0. The standard InChI is InChI=1S/C44H59Cl2N5O6/c1-6-49(7-2)23-24-57-28-30-12-9-8-11-29(30)15-18-36-40(43(53)55-4)42(39-34(45)13-10-14-35(39)46)41(44(54)56-5)37(47-36)27-38(52)51-21-19-50(20-22-51)33-25-31-16-17-32(26-33)48(31)3/h8-14,31-33,42,47H,6-7,15-28H2,1-5H3/t31-,32+,33-,42-/m1/s1. The van der Waals surface area contributed by atoms with Crippen LogP contribution in [0, 0.1) is 0 Å². The Labute approximate surface area is 348 Å². The third-order valence-electron chi connectivity index (χ3n) is 12.7. The number of amides is 1. The number of benzene rings is 2. The van der Waals surface area contributed by atoms with Crippen molar-refractivity contribution in [2.45, 2.75) is 89.4 Å². The van der Waals surface area contributed by atoms with Crippen LogP contribution in [0.3, 0.4) is 0 Å². The number of carbonyl (C=O) groups is 3. The van der Waals surface area contributed by atoms with Crippen molar-refractivity contribution in [3.05, 3.63) is 91.7 Å². The van der Waals surface area contributed by atoms with Gasteiger partial charge in [-0.15, -0.1) is 0 Å². The van der Waals surface area contributed by atoms with Crippen LogP contribution in [-0.2, 0) is 41.6 Å². The number of fused-ring (bicyclic) bond motifs is 2. The number of halogens is 2. The zero-order valence-electron chi connectivity index (χ0n) is 34.2. The summed E-state index contributed by atoms with van der Waals surface area (Å²) in [6.45, 7) is 11.0. The number of likely N-dealkylation sites (N-methyl/N-ethyl adjacent to an activating group) is 1. The first-order chi connectivity index (χ1) is 27.6. The average molecular weight is 825 g/mol. The molecule has 2 bridgehead atoms. The van der Waals surface area contributed by atoms with E-state index in [1.54, 1.807) is 18.2 Å². The van der Waals surface area contributed by atoms with E-state index in [1.165, 1.54) is 39.9 Å². The van der Waals surface area contributed by atoms with Gasteiger partial charge in [0.15, 0.2) is 0 Å². The molecule has 11 nitrogen and oxygen atoms in total. The van der Waals surface area contributed by atoms with Crippen molar-refractivity contribution in [2.75, 3.05) is 73.7 Å². The molecule has 13 heteroatoms. The van der Waals surface area contributed by atoms with E-state index in [4.69, 9.17) is 37.4 Å². The molecule has 4 atom stereocenters. The maximum atomic E-state index is 14.2. The van der Waals surface area contributed by atoms with E-state index in [1.807, 2.05) is 17.0 Å². The van der Waals surface area contributed by atoms with Crippen molar-refractivity contribution >= 4 is 41.0 Å². The number of ether oxygens (including phenoxy) is 3. The largest absolute Gasteiger partial charge is 0.466 e. The number of carbonyl (C=O) groups excluding carboxylic acids is 3. The normalized spacial score (nSPS) is 22.9. The fraction of sp³-hybridized carbons (Fsp3) is 0.568. The Morgan fingerprint density at radius 1 is 0.789 bits per heavy atom. The molecule has 4 heterocycles. The van der Waals surface area contributed by atoms with Crippen molar-refractivity contribution in [3.8, 4) is 0 Å². The van der Waals surface area contributed by atoms with Crippen LogP contribution in [0.5, 0.6) is 0 Å². The lowest BCUT2D eigenvalue weighted by molar-refractivity contribution is -0.137. The first-order valence-electron chi connectivity index (χ1n) is 20.5. The van der Waals surface area contributed by atoms with Crippen LogP contribution in [0.2, 0.25) is 10.0 Å². The minimum Gasteiger partial charge on any atom is -0.466 e. The lowest BCUT2D eigenvalue weighted by Gasteiger charge is -2.45. The van der Waals surface area contributed by atoms with Gasteiger partial charge in [-0.25, -0.2) is 9.59 Å². The van der Waals surface area contributed by atoms with Gasteiger partial charge in [-0.1, -0.05) is 67.4 Å². The van der Waals surface area contributed by atoms with Crippen molar-refractivity contribution < 1.29 is 28.6 Å². The van der Waals surface area contributed by atoms with Gasteiger partial charge in [0.1, 0.15) is 0 Å². The maximum Gasteiger partial charge on any atom is 0.336 e. The van der Waals surface area contributed by atoms with Crippen LogP contribution in [0.25, 0.3) is 0 Å². The number of nitrogens with one attached hydrogen (secondary N) is 1. The van der Waals surface area contributed by atoms with E-state index in [0.29, 0.717) is 74.2 Å². The summed E-state index contributed by atoms with van der Waals surface area (Å²) in [5, 5.41) is 3.96. The molecule has 310 valence electrons. The SMILES string of the molecule is CCN(CC)CCOCc1ccccc1CCC1=C(C(=O)OC)[C@@H](c2c(Cl)cccc2Cl)C(C(=O)OC)=C(CC(=O)N2CCN([C@@H]3C[C@H]4CC[C@@H](C3)N4C)CC2)N1. The number of esters is 2. The Morgan fingerprint density at radius 3 is 1.98 bits per heavy atom. The molecule has 0 aliphatic carbocycles.